The number of fused-ring (bicyclic) bond motifs is 1. The summed E-state index contributed by atoms with van der Waals surface area (Å²) in [5, 5.41) is 3.20. The van der Waals surface area contributed by atoms with Gasteiger partial charge in [0, 0.05) is 23.9 Å². The third-order valence-corrected chi connectivity index (χ3v) is 3.58. The maximum atomic E-state index is 12.0. The smallest absolute Gasteiger partial charge is 0.234 e. The molecule has 2 aromatic rings. The van der Waals surface area contributed by atoms with Gasteiger partial charge >= 0.3 is 0 Å². The minimum atomic E-state index is -0.367. The van der Waals surface area contributed by atoms with Crippen molar-refractivity contribution in [2.24, 2.45) is 5.73 Å². The molecule has 3 N–H and O–H groups in total. The Balaban J connectivity index is 1.94. The van der Waals surface area contributed by atoms with Gasteiger partial charge in [0.15, 0.2) is 0 Å². The molecule has 0 aliphatic carbocycles. The molecule has 1 aliphatic heterocycles. The number of nitrogens with one attached hydrogen (secondary N) is 1. The molecule has 1 aromatic heterocycles. The molecule has 0 radical (unpaired) electrons. The van der Waals surface area contributed by atoms with Gasteiger partial charge in [0.25, 0.3) is 0 Å². The van der Waals surface area contributed by atoms with Gasteiger partial charge in [-0.05, 0) is 24.6 Å². The zero-order valence-electron chi connectivity index (χ0n) is 11.4. The van der Waals surface area contributed by atoms with Crippen LogP contribution < -0.4 is 15.8 Å². The number of benzene rings is 1. The summed E-state index contributed by atoms with van der Waals surface area (Å²) in [6, 6.07) is 5.44. The lowest BCUT2D eigenvalue weighted by molar-refractivity contribution is -0.134. The molecule has 2 heterocycles. The third kappa shape index (κ3) is 2.62. The zero-order valence-corrected chi connectivity index (χ0v) is 11.4. The molecule has 6 nitrogen and oxygen atoms in total. The summed E-state index contributed by atoms with van der Waals surface area (Å²) >= 11 is 0. The highest BCUT2D eigenvalue weighted by atomic mass is 16.5. The maximum Gasteiger partial charge on any atom is 0.234 e. The second kappa shape index (κ2) is 5.57. The van der Waals surface area contributed by atoms with E-state index in [4.69, 9.17) is 14.9 Å². The molecule has 2 amide bonds. The lowest BCUT2D eigenvalue weighted by Crippen LogP contribution is -2.39. The van der Waals surface area contributed by atoms with Crippen molar-refractivity contribution in [3.05, 3.63) is 30.0 Å². The molecular weight excluding hydrogens is 272 g/mol. The van der Waals surface area contributed by atoms with Gasteiger partial charge in [-0.25, -0.2) is 0 Å². The number of nitrogens with two attached hydrogens (primary N) is 1. The summed E-state index contributed by atoms with van der Waals surface area (Å²) in [6.45, 7) is 0.862. The Bertz CT molecular complexity index is 692. The highest BCUT2D eigenvalue weighted by Gasteiger charge is 2.30. The molecule has 0 bridgehead atoms. The van der Waals surface area contributed by atoms with Crippen molar-refractivity contribution >= 4 is 22.8 Å². The molecule has 1 unspecified atom stereocenters. The molecule has 1 aromatic carbocycles. The molecule has 6 heteroatoms. The van der Waals surface area contributed by atoms with Crippen LogP contribution in [0.5, 0.6) is 5.75 Å². The van der Waals surface area contributed by atoms with E-state index < -0.39 is 0 Å². The van der Waals surface area contributed by atoms with E-state index in [1.54, 1.807) is 18.4 Å². The lowest BCUT2D eigenvalue weighted by Gasteiger charge is -2.19. The molecule has 110 valence electrons. The maximum absolute atomic E-state index is 12.0. The van der Waals surface area contributed by atoms with Crippen molar-refractivity contribution in [3.63, 3.8) is 0 Å². The first kappa shape index (κ1) is 13.6. The first-order chi connectivity index (χ1) is 10.2. The van der Waals surface area contributed by atoms with E-state index >= 15 is 0 Å². The highest BCUT2D eigenvalue weighted by Crippen LogP contribution is 2.34. The second-order valence-corrected chi connectivity index (χ2v) is 4.99. The van der Waals surface area contributed by atoms with Crippen molar-refractivity contribution in [2.45, 2.75) is 18.8 Å². The minimum Gasteiger partial charge on any atom is -0.492 e. The van der Waals surface area contributed by atoms with Gasteiger partial charge in [-0.15, -0.1) is 0 Å². The summed E-state index contributed by atoms with van der Waals surface area (Å²) in [6.07, 6.45) is 2.41. The van der Waals surface area contributed by atoms with Crippen LogP contribution in [0.15, 0.2) is 28.9 Å². The summed E-state index contributed by atoms with van der Waals surface area (Å²) in [5.41, 5.74) is 6.89. The molecule has 0 spiro atoms. The van der Waals surface area contributed by atoms with Gasteiger partial charge in [-0.1, -0.05) is 0 Å². The quantitative estimate of drug-likeness (QED) is 0.827. The Morgan fingerprint density at radius 1 is 1.38 bits per heavy atom. The molecule has 1 saturated heterocycles. The van der Waals surface area contributed by atoms with Gasteiger partial charge in [0.2, 0.25) is 11.8 Å². The number of rotatable bonds is 4. The minimum absolute atomic E-state index is 0.226. The van der Waals surface area contributed by atoms with Crippen LogP contribution in [-0.2, 0) is 9.59 Å². The third-order valence-electron chi connectivity index (χ3n) is 3.58. The number of hydrogen-bond acceptors (Lipinski definition) is 5. The van der Waals surface area contributed by atoms with Gasteiger partial charge in [-0.2, -0.15) is 0 Å². The number of amides is 2. The highest BCUT2D eigenvalue weighted by molar-refractivity contribution is 6.02. The van der Waals surface area contributed by atoms with E-state index in [0.29, 0.717) is 37.3 Å². The van der Waals surface area contributed by atoms with Crippen LogP contribution in [0.2, 0.25) is 0 Å². The van der Waals surface area contributed by atoms with Crippen LogP contribution in [0.4, 0.5) is 0 Å². The average Bonchev–Trinajstić information content (AvgIpc) is 2.88. The van der Waals surface area contributed by atoms with Gasteiger partial charge in [-0.3, -0.25) is 14.9 Å². The van der Waals surface area contributed by atoms with Crippen molar-refractivity contribution in [1.29, 1.82) is 0 Å². The number of carbonyl (C=O) groups excluding carboxylic acids is 2. The van der Waals surface area contributed by atoms with E-state index in [2.05, 4.69) is 5.32 Å². The Labute approximate surface area is 121 Å². The van der Waals surface area contributed by atoms with Gasteiger partial charge in [0.1, 0.15) is 17.9 Å². The molecule has 0 saturated carbocycles. The van der Waals surface area contributed by atoms with Crippen LogP contribution in [0.1, 0.15) is 24.3 Å². The monoisotopic (exact) mass is 288 g/mol. The largest absolute Gasteiger partial charge is 0.492 e. The van der Waals surface area contributed by atoms with Crippen molar-refractivity contribution < 1.29 is 18.7 Å². The number of piperidine rings is 1. The predicted molar refractivity (Wildman–Crippen MR) is 75.9 cm³/mol. The Morgan fingerprint density at radius 2 is 2.24 bits per heavy atom. The van der Waals surface area contributed by atoms with E-state index in [0.717, 1.165) is 10.9 Å². The van der Waals surface area contributed by atoms with Gasteiger partial charge in [0.05, 0.1) is 12.2 Å². The van der Waals surface area contributed by atoms with E-state index in [-0.39, 0.29) is 17.7 Å². The number of hydrogen-bond donors (Lipinski definition) is 2. The summed E-state index contributed by atoms with van der Waals surface area (Å²) in [4.78, 5) is 23.2. The molecule has 1 fully saturated rings. The van der Waals surface area contributed by atoms with Crippen LogP contribution in [0, 0.1) is 0 Å². The number of furan rings is 1. The standard InChI is InChI=1S/C15H16N2O4/c16-5-6-20-9-1-3-13-11(7-9)12(8-21-13)10-2-4-14(18)17-15(10)19/h1,3,7-8,10H,2,4-6,16H2,(H,17,18,19). The average molecular weight is 288 g/mol. The summed E-state index contributed by atoms with van der Waals surface area (Å²) < 4.78 is 11.0. The topological polar surface area (TPSA) is 94.6 Å². The van der Waals surface area contributed by atoms with Crippen molar-refractivity contribution in [3.8, 4) is 5.75 Å². The van der Waals surface area contributed by atoms with Crippen LogP contribution in [0.25, 0.3) is 11.0 Å². The number of ether oxygens (including phenoxy) is 1. The van der Waals surface area contributed by atoms with E-state index in [1.165, 1.54) is 0 Å². The van der Waals surface area contributed by atoms with Crippen molar-refractivity contribution in [1.82, 2.24) is 5.32 Å². The Hall–Kier alpha value is -2.34. The fraction of sp³-hybridized carbons (Fsp3) is 0.333. The summed E-state index contributed by atoms with van der Waals surface area (Å²) in [7, 11) is 0. The number of imide groups is 1. The fourth-order valence-electron chi connectivity index (χ4n) is 2.55. The van der Waals surface area contributed by atoms with Crippen LogP contribution in [0.3, 0.4) is 0 Å². The van der Waals surface area contributed by atoms with E-state index in [1.807, 2.05) is 6.07 Å². The molecule has 21 heavy (non-hydrogen) atoms. The lowest BCUT2D eigenvalue weighted by atomic mass is 9.90. The SMILES string of the molecule is NCCOc1ccc2occ(C3CCC(=O)NC3=O)c2c1. The molecular formula is C15H16N2O4. The first-order valence-electron chi connectivity index (χ1n) is 6.86. The van der Waals surface area contributed by atoms with Crippen LogP contribution in [-0.4, -0.2) is 25.0 Å². The first-order valence-corrected chi connectivity index (χ1v) is 6.86. The molecule has 3 rings (SSSR count). The zero-order chi connectivity index (χ0) is 14.8. The van der Waals surface area contributed by atoms with E-state index in [9.17, 15) is 9.59 Å². The molecule has 1 aliphatic rings. The fourth-order valence-corrected chi connectivity index (χ4v) is 2.55. The Kier molecular flexibility index (Phi) is 3.62. The van der Waals surface area contributed by atoms with Crippen LogP contribution >= 0.6 is 0 Å². The Morgan fingerprint density at radius 3 is 3.00 bits per heavy atom. The van der Waals surface area contributed by atoms with Crippen molar-refractivity contribution in [2.75, 3.05) is 13.2 Å². The summed E-state index contributed by atoms with van der Waals surface area (Å²) in [5.74, 6) is -0.185. The second-order valence-electron chi connectivity index (χ2n) is 4.99. The predicted octanol–water partition coefficient (Wildman–Crippen LogP) is 1.29. The normalized spacial score (nSPS) is 18.8. The van der Waals surface area contributed by atoms with Gasteiger partial charge < -0.3 is 14.9 Å². The molecule has 1 atom stereocenters. The number of carbonyl (C=O) groups is 2.